The minimum absolute atomic E-state index is 0.530. The number of nitrogens with zero attached hydrogens (tertiary/aromatic N) is 4. The number of fused-ring (bicyclic) bond motifs is 9. The second kappa shape index (κ2) is 18.1. The number of oxazole rings is 2. The van der Waals surface area contributed by atoms with Crippen molar-refractivity contribution in [2.24, 2.45) is 0 Å². The van der Waals surface area contributed by atoms with Gasteiger partial charge in [-0.2, -0.15) is 0 Å². The Balaban J connectivity index is 1.16. The van der Waals surface area contributed by atoms with E-state index in [1.807, 2.05) is 36.4 Å². The Morgan fingerprint density at radius 3 is 1.05 bits per heavy atom. The summed E-state index contributed by atoms with van der Waals surface area (Å²) in [5, 5.41) is 9.29. The van der Waals surface area contributed by atoms with E-state index in [0.717, 1.165) is 99.3 Å². The molecule has 15 rings (SSSR count). The maximum atomic E-state index is 7.49. The Morgan fingerprint density at radius 2 is 0.649 bits per heavy atom. The summed E-state index contributed by atoms with van der Waals surface area (Å²) in [6.45, 7) is 0. The van der Waals surface area contributed by atoms with E-state index in [1.165, 1.54) is 10.4 Å². The lowest BCUT2D eigenvalue weighted by atomic mass is 10.00. The number of aromatic nitrogens is 2. The van der Waals surface area contributed by atoms with Crippen LogP contribution in [-0.4, -0.2) is 18.0 Å². The number of hydrogen-bond donors (Lipinski definition) is 0. The minimum Gasteiger partial charge on any atom is -0.435 e. The van der Waals surface area contributed by atoms with Crippen molar-refractivity contribution in [2.45, 2.75) is 0 Å². The lowest BCUT2D eigenvalue weighted by Gasteiger charge is -2.34. The molecule has 0 amide bonds. The first-order chi connectivity index (χ1) is 38.2. The van der Waals surface area contributed by atoms with Crippen LogP contribution >= 0.6 is 0 Å². The van der Waals surface area contributed by atoms with E-state index in [1.54, 1.807) is 0 Å². The van der Waals surface area contributed by atoms with Gasteiger partial charge in [-0.05, 0) is 104 Å². The molecule has 1 aliphatic heterocycles. The average Bonchev–Trinajstić information content (AvgIpc) is 4.00. The smallest absolute Gasteiger partial charge is 0.227 e. The molecule has 0 unspecified atom stereocenters. The normalized spacial score (nSPS) is 12.5. The first-order valence-electron chi connectivity index (χ1n) is 26.1. The van der Waals surface area contributed by atoms with Crippen LogP contribution in [0.15, 0.2) is 288 Å². The number of para-hydroxylation sites is 2. The van der Waals surface area contributed by atoms with E-state index in [-0.39, 0.29) is 0 Å². The van der Waals surface area contributed by atoms with E-state index >= 15 is 0 Å². The van der Waals surface area contributed by atoms with Crippen molar-refractivity contribution in [3.8, 4) is 34.0 Å². The summed E-state index contributed by atoms with van der Waals surface area (Å²) in [6.07, 6.45) is 0. The van der Waals surface area contributed by atoms with Gasteiger partial charge in [0.25, 0.3) is 0 Å². The Kier molecular flexibility index (Phi) is 10.4. The first-order valence-corrected chi connectivity index (χ1v) is 28.1. The van der Waals surface area contributed by atoms with Gasteiger partial charge in [0.2, 0.25) is 11.8 Å². The number of rotatable bonds is 10. The third kappa shape index (κ3) is 7.02. The van der Waals surface area contributed by atoms with Gasteiger partial charge in [-0.25, -0.2) is 9.97 Å². The summed E-state index contributed by atoms with van der Waals surface area (Å²) in [7, 11) is -3.49. The second-order valence-corrected chi connectivity index (χ2v) is 23.3. The van der Waals surface area contributed by atoms with Gasteiger partial charge in [0, 0.05) is 44.4 Å². The molecule has 0 saturated carbocycles. The van der Waals surface area contributed by atoms with E-state index in [2.05, 4.69) is 252 Å². The zero-order valence-electron chi connectivity index (χ0n) is 41.7. The van der Waals surface area contributed by atoms with Crippen molar-refractivity contribution >= 4 is 107 Å². The highest BCUT2D eigenvalue weighted by atomic mass is 28.3. The van der Waals surface area contributed by atoms with Gasteiger partial charge < -0.3 is 18.6 Å². The molecular formula is C70H46N4O2Si. The zero-order valence-corrected chi connectivity index (χ0v) is 42.7. The number of hydrogen-bond acceptors (Lipinski definition) is 6. The molecule has 362 valence electrons. The van der Waals surface area contributed by atoms with Gasteiger partial charge in [-0.1, -0.05) is 206 Å². The molecule has 6 nitrogen and oxygen atoms in total. The van der Waals surface area contributed by atoms with E-state index < -0.39 is 8.07 Å². The van der Waals surface area contributed by atoms with Gasteiger partial charge >= 0.3 is 0 Å². The molecule has 7 heteroatoms. The van der Waals surface area contributed by atoms with Crippen molar-refractivity contribution in [3.05, 3.63) is 279 Å². The van der Waals surface area contributed by atoms with Crippen LogP contribution in [0.3, 0.4) is 0 Å². The average molecular weight is 1000 g/mol. The third-order valence-corrected chi connectivity index (χ3v) is 20.1. The topological polar surface area (TPSA) is 58.5 Å². The molecule has 0 saturated heterocycles. The number of anilines is 6. The maximum absolute atomic E-state index is 7.49. The van der Waals surface area contributed by atoms with Gasteiger partial charge in [-0.15, -0.1) is 0 Å². The molecule has 0 atom stereocenters. The Morgan fingerprint density at radius 1 is 0.312 bits per heavy atom. The lowest BCUT2D eigenvalue weighted by molar-refractivity contribution is 0.617. The number of benzene rings is 12. The fourth-order valence-corrected chi connectivity index (χ4v) is 17.2. The van der Waals surface area contributed by atoms with Crippen molar-refractivity contribution in [2.75, 3.05) is 9.80 Å². The Bertz CT molecular complexity index is 4210. The van der Waals surface area contributed by atoms with Crippen molar-refractivity contribution in [3.63, 3.8) is 0 Å². The predicted octanol–water partition coefficient (Wildman–Crippen LogP) is 15.9. The van der Waals surface area contributed by atoms with Crippen LogP contribution in [0.2, 0.25) is 0 Å². The Labute approximate surface area is 446 Å². The summed E-state index contributed by atoms with van der Waals surface area (Å²) in [4.78, 5) is 16.0. The van der Waals surface area contributed by atoms with Crippen LogP contribution < -0.4 is 30.5 Å². The standard InChI is InChI=1S/C70H46N4O2Si/c1-7-27-49(28-8-1)69-71-65-59(73(51-33-11-3-12-34-51)57-43-23-31-47-25-19-21-41-55(47)57)45-61-63(67(65)75-69)64-62(77(61,53-37-15-5-16-38-53)54-39-17-6-18-40-54)46-60(66-68(64)76-70(72-66)50-29-9-2-10-30-50)74(52-35-13-4-14-36-52)58-44-24-32-48-26-20-22-42-56(48)58/h1-46H. The van der Waals surface area contributed by atoms with E-state index in [4.69, 9.17) is 18.8 Å². The zero-order chi connectivity index (χ0) is 50.9. The summed E-state index contributed by atoms with van der Waals surface area (Å²) in [6, 6.07) is 99.5. The van der Waals surface area contributed by atoms with Crippen LogP contribution in [0.4, 0.5) is 34.1 Å². The lowest BCUT2D eigenvalue weighted by Crippen LogP contribution is -2.72. The fourth-order valence-electron chi connectivity index (χ4n) is 12.0. The Hall–Kier alpha value is -10.1. The first kappa shape index (κ1) is 44.4. The SMILES string of the molecule is c1ccc(-c2nc3c(N(c4ccccc4)c4cccc5ccccc45)cc4c(c3o2)-c2c(cc(N(c3ccccc3)c3cccc5ccccc35)c3nc(-c5ccccc5)oc23)[Si]4(c2ccccc2)c2ccccc2)cc1. The summed E-state index contributed by atoms with van der Waals surface area (Å²) >= 11 is 0. The summed E-state index contributed by atoms with van der Waals surface area (Å²) in [5.41, 5.74) is 12.4. The molecule has 1 aliphatic rings. The molecular weight excluding hydrogens is 957 g/mol. The molecule has 0 fully saturated rings. The molecule has 0 aliphatic carbocycles. The van der Waals surface area contributed by atoms with E-state index in [0.29, 0.717) is 22.9 Å². The largest absolute Gasteiger partial charge is 0.435 e. The molecule has 0 spiro atoms. The highest BCUT2D eigenvalue weighted by molar-refractivity contribution is 7.22. The summed E-state index contributed by atoms with van der Waals surface area (Å²) in [5.74, 6) is 1.06. The van der Waals surface area contributed by atoms with E-state index in [9.17, 15) is 0 Å². The van der Waals surface area contributed by atoms with Crippen LogP contribution in [0, 0.1) is 0 Å². The quantitative estimate of drug-likeness (QED) is 0.127. The van der Waals surface area contributed by atoms with Crippen LogP contribution in [-0.2, 0) is 0 Å². The molecule has 14 aromatic rings. The van der Waals surface area contributed by atoms with Crippen LogP contribution in [0.1, 0.15) is 0 Å². The van der Waals surface area contributed by atoms with Gasteiger partial charge in [0.15, 0.2) is 19.2 Å². The molecule has 0 N–H and O–H groups in total. The van der Waals surface area contributed by atoms with Crippen LogP contribution in [0.25, 0.3) is 77.8 Å². The molecule has 3 heterocycles. The second-order valence-electron chi connectivity index (χ2n) is 19.6. The minimum atomic E-state index is -3.49. The highest BCUT2D eigenvalue weighted by Crippen LogP contribution is 2.51. The highest BCUT2D eigenvalue weighted by Gasteiger charge is 2.53. The van der Waals surface area contributed by atoms with Gasteiger partial charge in [0.05, 0.1) is 22.7 Å². The molecule has 2 aromatic heterocycles. The third-order valence-electron chi connectivity index (χ3n) is 15.3. The molecule has 0 radical (unpaired) electrons. The van der Waals surface area contributed by atoms with Crippen molar-refractivity contribution in [1.29, 1.82) is 0 Å². The molecule has 12 aromatic carbocycles. The van der Waals surface area contributed by atoms with Crippen molar-refractivity contribution in [1.82, 2.24) is 9.97 Å². The monoisotopic (exact) mass is 1000 g/mol. The molecule has 0 bridgehead atoms. The van der Waals surface area contributed by atoms with Gasteiger partial charge in [-0.3, -0.25) is 0 Å². The van der Waals surface area contributed by atoms with Gasteiger partial charge in [0.1, 0.15) is 11.0 Å². The molecule has 77 heavy (non-hydrogen) atoms. The fraction of sp³-hybridized carbons (Fsp3) is 0. The van der Waals surface area contributed by atoms with Crippen LogP contribution in [0.5, 0.6) is 0 Å². The van der Waals surface area contributed by atoms with Crippen molar-refractivity contribution < 1.29 is 8.83 Å². The summed E-state index contributed by atoms with van der Waals surface area (Å²) < 4.78 is 15.0. The maximum Gasteiger partial charge on any atom is 0.227 e. The predicted molar refractivity (Wildman–Crippen MR) is 319 cm³/mol.